The Morgan fingerprint density at radius 1 is 1.36 bits per heavy atom. The fraction of sp³-hybridized carbons (Fsp3) is 0.545. The van der Waals surface area contributed by atoms with Gasteiger partial charge in [0.2, 0.25) is 0 Å². The Labute approximate surface area is 88.2 Å². The van der Waals surface area contributed by atoms with Crippen molar-refractivity contribution >= 4 is 17.9 Å². The van der Waals surface area contributed by atoms with Crippen molar-refractivity contribution < 1.29 is 9.21 Å². The van der Waals surface area contributed by atoms with Crippen LogP contribution in [0.1, 0.15) is 54.3 Å². The number of rotatable bonds is 2. The van der Waals surface area contributed by atoms with Crippen LogP contribution in [0.15, 0.2) is 10.5 Å². The van der Waals surface area contributed by atoms with Gasteiger partial charge in [-0.1, -0.05) is 30.9 Å². The van der Waals surface area contributed by atoms with Crippen LogP contribution in [0.25, 0.3) is 0 Å². The van der Waals surface area contributed by atoms with E-state index >= 15 is 0 Å². The van der Waals surface area contributed by atoms with Crippen molar-refractivity contribution in [1.29, 1.82) is 0 Å². The zero-order chi connectivity index (χ0) is 9.97. The molecule has 0 saturated heterocycles. The topological polar surface area (TPSA) is 30.2 Å². The number of halogens is 1. The largest absolute Gasteiger partial charge is 0.456 e. The van der Waals surface area contributed by atoms with Gasteiger partial charge in [-0.15, -0.1) is 0 Å². The Balaban J connectivity index is 2.20. The Morgan fingerprint density at radius 3 is 2.64 bits per heavy atom. The highest BCUT2D eigenvalue weighted by Gasteiger charge is 2.22. The minimum atomic E-state index is 0.343. The Morgan fingerprint density at radius 2 is 2.07 bits per heavy atom. The molecule has 1 aromatic heterocycles. The Bertz CT molecular complexity index is 324. The van der Waals surface area contributed by atoms with Crippen LogP contribution in [-0.4, -0.2) is 6.29 Å². The molecule has 1 fully saturated rings. The lowest BCUT2D eigenvalue weighted by atomic mass is 9.87. The minimum absolute atomic E-state index is 0.343. The Hall–Kier alpha value is -0.760. The van der Waals surface area contributed by atoms with Gasteiger partial charge in [0.1, 0.15) is 5.76 Å². The molecule has 3 heteroatoms. The van der Waals surface area contributed by atoms with Crippen LogP contribution in [0.2, 0.25) is 5.02 Å². The number of hydrogen-bond donors (Lipinski definition) is 0. The van der Waals surface area contributed by atoms with Crippen LogP contribution in [0.5, 0.6) is 0 Å². The van der Waals surface area contributed by atoms with Gasteiger partial charge >= 0.3 is 0 Å². The maximum atomic E-state index is 10.5. The summed E-state index contributed by atoms with van der Waals surface area (Å²) in [7, 11) is 0. The van der Waals surface area contributed by atoms with E-state index in [0.29, 0.717) is 23.0 Å². The molecular weight excluding hydrogens is 200 g/mol. The van der Waals surface area contributed by atoms with E-state index in [1.54, 1.807) is 6.07 Å². The molecule has 0 amide bonds. The van der Waals surface area contributed by atoms with Crippen molar-refractivity contribution in [2.75, 3.05) is 0 Å². The molecule has 0 atom stereocenters. The molecule has 0 spiro atoms. The first-order valence-electron chi connectivity index (χ1n) is 5.05. The summed E-state index contributed by atoms with van der Waals surface area (Å²) in [6.45, 7) is 0. The first-order chi connectivity index (χ1) is 6.81. The molecule has 76 valence electrons. The molecule has 2 rings (SSSR count). The average Bonchev–Trinajstić information content (AvgIpc) is 2.61. The molecule has 1 heterocycles. The lowest BCUT2D eigenvalue weighted by Gasteiger charge is -2.19. The van der Waals surface area contributed by atoms with E-state index in [1.807, 2.05) is 0 Å². The summed E-state index contributed by atoms with van der Waals surface area (Å²) in [5.41, 5.74) is 0. The molecule has 0 aromatic carbocycles. The second kappa shape index (κ2) is 4.18. The molecule has 0 bridgehead atoms. The summed E-state index contributed by atoms with van der Waals surface area (Å²) in [6, 6.07) is 1.61. The third kappa shape index (κ3) is 1.85. The van der Waals surface area contributed by atoms with Gasteiger partial charge < -0.3 is 4.42 Å². The maximum Gasteiger partial charge on any atom is 0.185 e. The van der Waals surface area contributed by atoms with Crippen LogP contribution in [-0.2, 0) is 0 Å². The normalized spacial score (nSPS) is 18.4. The zero-order valence-corrected chi connectivity index (χ0v) is 8.72. The van der Waals surface area contributed by atoms with Crippen LogP contribution >= 0.6 is 11.6 Å². The van der Waals surface area contributed by atoms with E-state index in [2.05, 4.69) is 0 Å². The highest BCUT2D eigenvalue weighted by atomic mass is 35.5. The molecule has 0 N–H and O–H groups in total. The van der Waals surface area contributed by atoms with E-state index in [9.17, 15) is 4.79 Å². The second-order valence-electron chi connectivity index (χ2n) is 3.81. The van der Waals surface area contributed by atoms with E-state index in [4.69, 9.17) is 16.0 Å². The van der Waals surface area contributed by atoms with Gasteiger partial charge in [-0.2, -0.15) is 0 Å². The highest BCUT2D eigenvalue weighted by Crippen LogP contribution is 2.37. The lowest BCUT2D eigenvalue weighted by molar-refractivity contribution is 0.109. The minimum Gasteiger partial charge on any atom is -0.456 e. The van der Waals surface area contributed by atoms with Crippen molar-refractivity contribution in [3.63, 3.8) is 0 Å². The van der Waals surface area contributed by atoms with Gasteiger partial charge in [-0.05, 0) is 12.8 Å². The van der Waals surface area contributed by atoms with Crippen molar-refractivity contribution in [2.45, 2.75) is 38.0 Å². The molecule has 1 aliphatic carbocycles. The number of carbonyl (C=O) groups excluding carboxylic acids is 1. The highest BCUT2D eigenvalue weighted by molar-refractivity contribution is 6.31. The molecule has 14 heavy (non-hydrogen) atoms. The van der Waals surface area contributed by atoms with Gasteiger partial charge in [0, 0.05) is 12.0 Å². The maximum absolute atomic E-state index is 10.5. The SMILES string of the molecule is O=Cc1cc(Cl)c(C2CCCCC2)o1. The number of hydrogen-bond acceptors (Lipinski definition) is 2. The zero-order valence-electron chi connectivity index (χ0n) is 7.96. The van der Waals surface area contributed by atoms with E-state index in [-0.39, 0.29) is 0 Å². The predicted molar refractivity (Wildman–Crippen MR) is 54.9 cm³/mol. The number of furan rings is 1. The summed E-state index contributed by atoms with van der Waals surface area (Å²) < 4.78 is 5.40. The number of carbonyl (C=O) groups is 1. The van der Waals surface area contributed by atoms with E-state index in [0.717, 1.165) is 18.6 Å². The van der Waals surface area contributed by atoms with Gasteiger partial charge in [-0.3, -0.25) is 4.79 Å². The average molecular weight is 213 g/mol. The number of aldehydes is 1. The smallest absolute Gasteiger partial charge is 0.185 e. The standard InChI is InChI=1S/C11H13ClO2/c12-10-6-9(7-13)14-11(10)8-4-2-1-3-5-8/h6-8H,1-5H2. The molecule has 1 saturated carbocycles. The molecular formula is C11H13ClO2. The fourth-order valence-electron chi connectivity index (χ4n) is 2.10. The third-order valence-electron chi connectivity index (χ3n) is 2.82. The van der Waals surface area contributed by atoms with Gasteiger partial charge in [0.15, 0.2) is 12.0 Å². The van der Waals surface area contributed by atoms with Crippen molar-refractivity contribution in [1.82, 2.24) is 0 Å². The summed E-state index contributed by atoms with van der Waals surface area (Å²) >= 11 is 6.00. The summed E-state index contributed by atoms with van der Waals surface area (Å²) in [4.78, 5) is 10.5. The quantitative estimate of drug-likeness (QED) is 0.699. The van der Waals surface area contributed by atoms with Crippen molar-refractivity contribution in [2.24, 2.45) is 0 Å². The van der Waals surface area contributed by atoms with Crippen molar-refractivity contribution in [3.05, 3.63) is 22.6 Å². The predicted octanol–water partition coefficient (Wildman–Crippen LogP) is 3.79. The van der Waals surface area contributed by atoms with Crippen LogP contribution < -0.4 is 0 Å². The molecule has 0 aliphatic heterocycles. The van der Waals surface area contributed by atoms with Crippen LogP contribution in [0, 0.1) is 0 Å². The first kappa shape index (κ1) is 9.78. The summed E-state index contributed by atoms with van der Waals surface area (Å²) in [6.07, 6.45) is 6.74. The van der Waals surface area contributed by atoms with Gasteiger partial charge in [0.25, 0.3) is 0 Å². The van der Waals surface area contributed by atoms with E-state index < -0.39 is 0 Å². The van der Waals surface area contributed by atoms with E-state index in [1.165, 1.54) is 19.3 Å². The van der Waals surface area contributed by atoms with Gasteiger partial charge in [-0.25, -0.2) is 0 Å². The van der Waals surface area contributed by atoms with Crippen LogP contribution in [0.3, 0.4) is 0 Å². The summed E-state index contributed by atoms with van der Waals surface area (Å²) in [5, 5.41) is 0.610. The molecule has 1 aromatic rings. The Kier molecular flexibility index (Phi) is 2.92. The lowest BCUT2D eigenvalue weighted by Crippen LogP contribution is -2.03. The molecule has 1 aliphatic rings. The summed E-state index contributed by atoms with van der Waals surface area (Å²) in [5.74, 6) is 1.58. The fourth-order valence-corrected chi connectivity index (χ4v) is 2.40. The molecule has 0 radical (unpaired) electrons. The third-order valence-corrected chi connectivity index (χ3v) is 3.12. The second-order valence-corrected chi connectivity index (χ2v) is 4.22. The molecule has 2 nitrogen and oxygen atoms in total. The van der Waals surface area contributed by atoms with Crippen molar-refractivity contribution in [3.8, 4) is 0 Å². The van der Waals surface area contributed by atoms with Crippen LogP contribution in [0.4, 0.5) is 0 Å². The first-order valence-corrected chi connectivity index (χ1v) is 5.43. The molecule has 0 unspecified atom stereocenters. The van der Waals surface area contributed by atoms with Gasteiger partial charge in [0.05, 0.1) is 5.02 Å². The monoisotopic (exact) mass is 212 g/mol.